The van der Waals surface area contributed by atoms with Crippen LogP contribution < -0.4 is 15.4 Å². The molecule has 28 heavy (non-hydrogen) atoms. The Morgan fingerprint density at radius 1 is 1.11 bits per heavy atom. The molecule has 0 spiro atoms. The van der Waals surface area contributed by atoms with Gasteiger partial charge in [-0.2, -0.15) is 0 Å². The number of aromatic nitrogens is 2. The first-order valence-electron chi connectivity index (χ1n) is 8.71. The van der Waals surface area contributed by atoms with Crippen molar-refractivity contribution in [2.45, 2.75) is 19.4 Å². The molecule has 0 unspecified atom stereocenters. The number of hydrogen-bond donors (Lipinski definition) is 2. The van der Waals surface area contributed by atoms with Crippen LogP contribution in [0.1, 0.15) is 29.9 Å². The minimum absolute atomic E-state index is 0.103. The zero-order valence-electron chi connectivity index (χ0n) is 15.9. The number of methoxy groups -OCH3 is 1. The van der Waals surface area contributed by atoms with E-state index in [0.717, 1.165) is 11.3 Å². The van der Waals surface area contributed by atoms with Gasteiger partial charge >= 0.3 is 0 Å². The second-order valence-electron chi connectivity index (χ2n) is 6.69. The molecule has 3 aromatic rings. The average Bonchev–Trinajstić information content (AvgIpc) is 2.70. The molecule has 0 atom stereocenters. The maximum absolute atomic E-state index is 12.8. The van der Waals surface area contributed by atoms with E-state index >= 15 is 0 Å². The van der Waals surface area contributed by atoms with Gasteiger partial charge in [-0.15, -0.1) is 0 Å². The van der Waals surface area contributed by atoms with E-state index in [4.69, 9.17) is 16.3 Å². The summed E-state index contributed by atoms with van der Waals surface area (Å²) >= 11 is 6.18. The van der Waals surface area contributed by atoms with Crippen molar-refractivity contribution in [3.63, 3.8) is 0 Å². The molecule has 144 valence electrons. The van der Waals surface area contributed by atoms with E-state index in [-0.39, 0.29) is 22.6 Å². The van der Waals surface area contributed by atoms with E-state index in [9.17, 15) is 4.79 Å². The molecule has 0 saturated heterocycles. The van der Waals surface area contributed by atoms with Crippen LogP contribution in [0.25, 0.3) is 0 Å². The Hall–Kier alpha value is -3.12. The molecule has 6 nitrogen and oxygen atoms in total. The maximum Gasteiger partial charge on any atom is 0.272 e. The van der Waals surface area contributed by atoms with E-state index in [1.807, 2.05) is 62.4 Å². The fourth-order valence-corrected chi connectivity index (χ4v) is 2.86. The molecule has 0 aliphatic heterocycles. The number of hydrogen-bond acceptors (Lipinski definition) is 5. The molecule has 0 radical (unpaired) electrons. The Morgan fingerprint density at radius 3 is 2.57 bits per heavy atom. The van der Waals surface area contributed by atoms with Gasteiger partial charge in [-0.3, -0.25) is 4.79 Å². The lowest BCUT2D eigenvalue weighted by atomic mass is 9.94. The molecule has 7 heteroatoms. The van der Waals surface area contributed by atoms with Crippen LogP contribution in [-0.4, -0.2) is 23.0 Å². The molecule has 1 amide bonds. The van der Waals surface area contributed by atoms with Gasteiger partial charge < -0.3 is 15.4 Å². The standard InChI is InChI=1S/C21H21ClN4O2/c1-21(2,14-8-5-4-6-9-14)26-19(27)18-17(22)13-23-20(25-18)24-15-10-7-11-16(12-15)28-3/h4-13H,1-3H3,(H,26,27)(H,23,24,25). The summed E-state index contributed by atoms with van der Waals surface area (Å²) in [5.74, 6) is 0.580. The van der Waals surface area contributed by atoms with Gasteiger partial charge in [0.2, 0.25) is 5.95 Å². The molecule has 1 heterocycles. The summed E-state index contributed by atoms with van der Waals surface area (Å²) in [5.41, 5.74) is 1.22. The van der Waals surface area contributed by atoms with Crippen molar-refractivity contribution in [2.24, 2.45) is 0 Å². The first-order chi connectivity index (χ1) is 13.4. The number of ether oxygens (including phenoxy) is 1. The van der Waals surface area contributed by atoms with E-state index < -0.39 is 5.54 Å². The van der Waals surface area contributed by atoms with Crippen molar-refractivity contribution in [1.82, 2.24) is 15.3 Å². The normalized spacial score (nSPS) is 11.0. The van der Waals surface area contributed by atoms with Crippen LogP contribution in [-0.2, 0) is 5.54 Å². The monoisotopic (exact) mass is 396 g/mol. The van der Waals surface area contributed by atoms with Crippen LogP contribution >= 0.6 is 11.6 Å². The second kappa shape index (κ2) is 8.27. The third kappa shape index (κ3) is 4.58. The van der Waals surface area contributed by atoms with Crippen molar-refractivity contribution in [1.29, 1.82) is 0 Å². The molecule has 2 aromatic carbocycles. The lowest BCUT2D eigenvalue weighted by Crippen LogP contribution is -2.41. The van der Waals surface area contributed by atoms with Gasteiger partial charge in [-0.05, 0) is 31.5 Å². The number of nitrogens with zero attached hydrogens (tertiary/aromatic N) is 2. The largest absolute Gasteiger partial charge is 0.497 e. The van der Waals surface area contributed by atoms with Crippen LogP contribution in [0.4, 0.5) is 11.6 Å². The van der Waals surface area contributed by atoms with E-state index in [0.29, 0.717) is 5.75 Å². The first kappa shape index (κ1) is 19.6. The Morgan fingerprint density at radius 2 is 1.86 bits per heavy atom. The highest BCUT2D eigenvalue weighted by Gasteiger charge is 2.25. The molecule has 3 rings (SSSR count). The van der Waals surface area contributed by atoms with Crippen LogP contribution in [0, 0.1) is 0 Å². The van der Waals surface area contributed by atoms with E-state index in [2.05, 4.69) is 20.6 Å². The predicted octanol–water partition coefficient (Wildman–Crippen LogP) is 4.55. The van der Waals surface area contributed by atoms with Crippen molar-refractivity contribution >= 4 is 29.1 Å². The Labute approximate surface area is 168 Å². The molecule has 1 aromatic heterocycles. The maximum atomic E-state index is 12.8. The SMILES string of the molecule is COc1cccc(Nc2ncc(Cl)c(C(=O)NC(C)(C)c3ccccc3)n2)c1. The molecule has 0 aliphatic rings. The van der Waals surface area contributed by atoms with Crippen LogP contribution in [0.3, 0.4) is 0 Å². The second-order valence-corrected chi connectivity index (χ2v) is 7.10. The molecule has 0 bridgehead atoms. The average molecular weight is 397 g/mol. The Balaban J connectivity index is 1.81. The number of anilines is 2. The van der Waals surface area contributed by atoms with Crippen LogP contribution in [0.2, 0.25) is 5.02 Å². The molecular formula is C21H21ClN4O2. The topological polar surface area (TPSA) is 76.1 Å². The van der Waals surface area contributed by atoms with Crippen molar-refractivity contribution in [3.8, 4) is 5.75 Å². The summed E-state index contributed by atoms with van der Waals surface area (Å²) in [5, 5.41) is 6.21. The fraction of sp³-hybridized carbons (Fsp3) is 0.190. The highest BCUT2D eigenvalue weighted by molar-refractivity contribution is 6.33. The number of benzene rings is 2. The van der Waals surface area contributed by atoms with Gasteiger partial charge in [-0.1, -0.05) is 48.0 Å². The third-order valence-electron chi connectivity index (χ3n) is 4.21. The van der Waals surface area contributed by atoms with Crippen LogP contribution in [0.5, 0.6) is 5.75 Å². The predicted molar refractivity (Wildman–Crippen MR) is 110 cm³/mol. The fourth-order valence-electron chi connectivity index (χ4n) is 2.69. The van der Waals surface area contributed by atoms with Gasteiger partial charge in [0.15, 0.2) is 5.69 Å². The van der Waals surface area contributed by atoms with E-state index in [1.54, 1.807) is 13.2 Å². The van der Waals surface area contributed by atoms with Crippen molar-refractivity contribution in [2.75, 3.05) is 12.4 Å². The first-order valence-corrected chi connectivity index (χ1v) is 9.08. The summed E-state index contributed by atoms with van der Waals surface area (Å²) < 4.78 is 5.20. The minimum atomic E-state index is -0.590. The number of rotatable bonds is 6. The summed E-state index contributed by atoms with van der Waals surface area (Å²) in [4.78, 5) is 21.3. The number of carbonyl (C=O) groups is 1. The molecular weight excluding hydrogens is 376 g/mol. The van der Waals surface area contributed by atoms with Crippen molar-refractivity contribution in [3.05, 3.63) is 77.1 Å². The quantitative estimate of drug-likeness (QED) is 0.639. The van der Waals surface area contributed by atoms with Gasteiger partial charge in [-0.25, -0.2) is 9.97 Å². The molecule has 2 N–H and O–H groups in total. The Kier molecular flexibility index (Phi) is 5.80. The lowest BCUT2D eigenvalue weighted by Gasteiger charge is -2.27. The summed E-state index contributed by atoms with van der Waals surface area (Å²) in [6, 6.07) is 17.0. The number of halogens is 1. The number of carbonyl (C=O) groups excluding carboxylic acids is 1. The van der Waals surface area contributed by atoms with Gasteiger partial charge in [0.05, 0.1) is 23.9 Å². The highest BCUT2D eigenvalue weighted by Crippen LogP contribution is 2.23. The van der Waals surface area contributed by atoms with Crippen LogP contribution in [0.15, 0.2) is 60.8 Å². The number of amides is 1. The van der Waals surface area contributed by atoms with Gasteiger partial charge in [0.25, 0.3) is 5.91 Å². The summed E-state index contributed by atoms with van der Waals surface area (Å²) in [6.07, 6.45) is 1.40. The Bertz CT molecular complexity index is 977. The molecule has 0 aliphatic carbocycles. The van der Waals surface area contributed by atoms with Gasteiger partial charge in [0.1, 0.15) is 5.75 Å². The van der Waals surface area contributed by atoms with E-state index in [1.165, 1.54) is 6.20 Å². The lowest BCUT2D eigenvalue weighted by molar-refractivity contribution is 0.0907. The number of nitrogens with one attached hydrogen (secondary N) is 2. The summed E-state index contributed by atoms with van der Waals surface area (Å²) in [6.45, 7) is 3.84. The third-order valence-corrected chi connectivity index (χ3v) is 4.48. The summed E-state index contributed by atoms with van der Waals surface area (Å²) in [7, 11) is 1.59. The smallest absolute Gasteiger partial charge is 0.272 e. The zero-order valence-corrected chi connectivity index (χ0v) is 16.6. The van der Waals surface area contributed by atoms with Crippen molar-refractivity contribution < 1.29 is 9.53 Å². The highest BCUT2D eigenvalue weighted by atomic mass is 35.5. The van der Waals surface area contributed by atoms with Gasteiger partial charge in [0, 0.05) is 11.8 Å². The molecule has 0 saturated carbocycles. The zero-order chi connectivity index (χ0) is 20.1. The molecule has 0 fully saturated rings. The minimum Gasteiger partial charge on any atom is -0.497 e.